The molecule has 3 aliphatic rings. The van der Waals surface area contributed by atoms with Crippen LogP contribution in [0.15, 0.2) is 0 Å². The lowest BCUT2D eigenvalue weighted by molar-refractivity contribution is -0.123. The molecule has 0 unspecified atom stereocenters. The van der Waals surface area contributed by atoms with Crippen molar-refractivity contribution in [3.05, 3.63) is 0 Å². The van der Waals surface area contributed by atoms with E-state index in [2.05, 4.69) is 11.8 Å². The Morgan fingerprint density at radius 2 is 1.65 bits per heavy atom. The van der Waals surface area contributed by atoms with Gasteiger partial charge >= 0.3 is 0 Å². The van der Waals surface area contributed by atoms with Gasteiger partial charge in [-0.2, -0.15) is 0 Å². The molecular weight excluding hydrogens is 212 g/mol. The van der Waals surface area contributed by atoms with Crippen LogP contribution in [0.3, 0.4) is 0 Å². The third-order valence-electron chi connectivity index (χ3n) is 4.22. The smallest absolute Gasteiger partial charge is 0.209 e. The van der Waals surface area contributed by atoms with E-state index in [0.717, 1.165) is 31.5 Å². The van der Waals surface area contributed by atoms with E-state index in [-0.39, 0.29) is 0 Å². The van der Waals surface area contributed by atoms with Crippen molar-refractivity contribution in [2.24, 2.45) is 5.92 Å². The molecule has 98 valence electrons. The highest BCUT2D eigenvalue weighted by Gasteiger charge is 2.25. The molecule has 2 saturated heterocycles. The molecule has 3 nitrogen and oxygen atoms in total. The lowest BCUT2D eigenvalue weighted by atomic mass is 9.90. The summed E-state index contributed by atoms with van der Waals surface area (Å²) < 4.78 is 0. The van der Waals surface area contributed by atoms with Gasteiger partial charge in [-0.3, -0.25) is 4.79 Å². The zero-order valence-corrected chi connectivity index (χ0v) is 11.1. The SMILES string of the molecule is C1CCN(C2CCC2)CC1.CC1CN(C=O)C1. The summed E-state index contributed by atoms with van der Waals surface area (Å²) in [5, 5.41) is 0. The predicted molar refractivity (Wildman–Crippen MR) is 69.9 cm³/mol. The lowest BCUT2D eigenvalue weighted by Gasteiger charge is -2.39. The van der Waals surface area contributed by atoms with E-state index in [0.29, 0.717) is 0 Å². The molecule has 3 rings (SSSR count). The number of rotatable bonds is 2. The Bertz CT molecular complexity index is 228. The van der Waals surface area contributed by atoms with Crippen LogP contribution in [-0.2, 0) is 4.79 Å². The zero-order valence-electron chi connectivity index (χ0n) is 11.1. The van der Waals surface area contributed by atoms with Crippen molar-refractivity contribution in [2.75, 3.05) is 26.2 Å². The summed E-state index contributed by atoms with van der Waals surface area (Å²) in [7, 11) is 0. The minimum atomic E-state index is 0.741. The van der Waals surface area contributed by atoms with Crippen LogP contribution in [-0.4, -0.2) is 48.4 Å². The molecular formula is C14H26N2O. The Labute approximate surface area is 105 Å². The molecule has 1 amide bonds. The molecule has 0 spiro atoms. The first-order valence-electron chi connectivity index (χ1n) is 7.23. The van der Waals surface area contributed by atoms with E-state index in [1.54, 1.807) is 4.90 Å². The van der Waals surface area contributed by atoms with Crippen molar-refractivity contribution in [2.45, 2.75) is 51.5 Å². The molecule has 3 fully saturated rings. The van der Waals surface area contributed by atoms with Gasteiger partial charge in [-0.15, -0.1) is 0 Å². The zero-order chi connectivity index (χ0) is 12.1. The normalized spacial score (nSPS) is 26.5. The van der Waals surface area contributed by atoms with E-state index >= 15 is 0 Å². The summed E-state index contributed by atoms with van der Waals surface area (Å²) in [4.78, 5) is 14.3. The van der Waals surface area contributed by atoms with E-state index in [4.69, 9.17) is 0 Å². The molecule has 2 aliphatic heterocycles. The maximum atomic E-state index is 9.86. The quantitative estimate of drug-likeness (QED) is 0.688. The second kappa shape index (κ2) is 6.39. The van der Waals surface area contributed by atoms with Crippen molar-refractivity contribution in [1.29, 1.82) is 0 Å². The summed E-state index contributed by atoms with van der Waals surface area (Å²) in [5.74, 6) is 0.741. The van der Waals surface area contributed by atoms with Crippen molar-refractivity contribution in [3.63, 3.8) is 0 Å². The Morgan fingerprint density at radius 3 is 2.00 bits per heavy atom. The topological polar surface area (TPSA) is 23.6 Å². The van der Waals surface area contributed by atoms with Crippen LogP contribution in [0.4, 0.5) is 0 Å². The van der Waals surface area contributed by atoms with Crippen LogP contribution >= 0.6 is 0 Å². The van der Waals surface area contributed by atoms with Gasteiger partial charge in [-0.1, -0.05) is 19.8 Å². The Morgan fingerprint density at radius 1 is 1.00 bits per heavy atom. The maximum absolute atomic E-state index is 9.86. The second-order valence-corrected chi connectivity index (χ2v) is 5.85. The largest absolute Gasteiger partial charge is 0.345 e. The number of hydrogen-bond acceptors (Lipinski definition) is 2. The highest BCUT2D eigenvalue weighted by atomic mass is 16.1. The minimum absolute atomic E-state index is 0.741. The second-order valence-electron chi connectivity index (χ2n) is 5.85. The molecule has 2 heterocycles. The molecule has 0 aromatic rings. The van der Waals surface area contributed by atoms with Crippen LogP contribution in [0.1, 0.15) is 45.4 Å². The summed E-state index contributed by atoms with van der Waals surface area (Å²) in [6, 6.07) is 1.00. The van der Waals surface area contributed by atoms with Gasteiger partial charge in [0.15, 0.2) is 0 Å². The molecule has 0 N–H and O–H groups in total. The van der Waals surface area contributed by atoms with Crippen LogP contribution in [0, 0.1) is 5.92 Å². The van der Waals surface area contributed by atoms with Gasteiger partial charge in [0.05, 0.1) is 0 Å². The maximum Gasteiger partial charge on any atom is 0.209 e. The number of piperidine rings is 1. The highest BCUT2D eigenvalue weighted by Crippen LogP contribution is 2.26. The minimum Gasteiger partial charge on any atom is -0.345 e. The van der Waals surface area contributed by atoms with Gasteiger partial charge in [0.25, 0.3) is 0 Å². The number of likely N-dealkylation sites (tertiary alicyclic amines) is 2. The lowest BCUT2D eigenvalue weighted by Crippen LogP contribution is -2.43. The van der Waals surface area contributed by atoms with E-state index in [9.17, 15) is 4.79 Å². The third kappa shape index (κ3) is 3.70. The first-order valence-corrected chi connectivity index (χ1v) is 7.23. The fourth-order valence-corrected chi connectivity index (χ4v) is 2.87. The van der Waals surface area contributed by atoms with Crippen molar-refractivity contribution in [1.82, 2.24) is 9.80 Å². The van der Waals surface area contributed by atoms with Gasteiger partial charge in [0, 0.05) is 19.1 Å². The summed E-state index contributed by atoms with van der Waals surface area (Å²) >= 11 is 0. The molecule has 1 saturated carbocycles. The van der Waals surface area contributed by atoms with Crippen LogP contribution in [0.5, 0.6) is 0 Å². The molecule has 3 heteroatoms. The molecule has 0 radical (unpaired) electrons. The van der Waals surface area contributed by atoms with Crippen LogP contribution < -0.4 is 0 Å². The Hall–Kier alpha value is -0.570. The van der Waals surface area contributed by atoms with E-state index in [1.807, 2.05) is 0 Å². The molecule has 1 aliphatic carbocycles. The molecule has 17 heavy (non-hydrogen) atoms. The molecule has 0 aromatic heterocycles. The first-order chi connectivity index (χ1) is 8.29. The number of carbonyl (C=O) groups is 1. The Kier molecular flexibility index (Phi) is 4.84. The molecule has 0 atom stereocenters. The monoisotopic (exact) mass is 238 g/mol. The summed E-state index contributed by atoms with van der Waals surface area (Å²) in [6.07, 6.45) is 9.75. The van der Waals surface area contributed by atoms with Crippen molar-refractivity contribution in [3.8, 4) is 0 Å². The summed E-state index contributed by atoms with van der Waals surface area (Å²) in [5.41, 5.74) is 0. The Balaban J connectivity index is 0.000000136. The van der Waals surface area contributed by atoms with Gasteiger partial charge in [0.1, 0.15) is 0 Å². The van der Waals surface area contributed by atoms with Gasteiger partial charge in [0.2, 0.25) is 6.41 Å². The predicted octanol–water partition coefficient (Wildman–Crippen LogP) is 2.12. The number of hydrogen-bond donors (Lipinski definition) is 0. The van der Waals surface area contributed by atoms with Gasteiger partial charge in [-0.05, 0) is 44.7 Å². The van der Waals surface area contributed by atoms with Crippen molar-refractivity contribution >= 4 is 6.41 Å². The average Bonchev–Trinajstić information content (AvgIpc) is 2.25. The summed E-state index contributed by atoms with van der Waals surface area (Å²) in [6.45, 7) is 6.85. The van der Waals surface area contributed by atoms with Crippen LogP contribution in [0.2, 0.25) is 0 Å². The number of carbonyl (C=O) groups excluding carboxylic acids is 1. The molecule has 0 bridgehead atoms. The van der Waals surface area contributed by atoms with Crippen molar-refractivity contribution < 1.29 is 4.79 Å². The van der Waals surface area contributed by atoms with Crippen LogP contribution in [0.25, 0.3) is 0 Å². The first kappa shape index (κ1) is 12.9. The van der Waals surface area contributed by atoms with Gasteiger partial charge in [-0.25, -0.2) is 0 Å². The number of amides is 1. The standard InChI is InChI=1S/C9H17N.C5H9NO/c1-2-7-10(8-3-1)9-5-4-6-9;1-5-2-6(3-5)4-7/h9H,1-8H2;4-5H,2-3H2,1H3. The average molecular weight is 238 g/mol. The molecule has 0 aromatic carbocycles. The highest BCUT2D eigenvalue weighted by molar-refractivity contribution is 5.48. The fourth-order valence-electron chi connectivity index (χ4n) is 2.87. The number of nitrogens with zero attached hydrogens (tertiary/aromatic N) is 2. The fraction of sp³-hybridized carbons (Fsp3) is 0.929. The van der Waals surface area contributed by atoms with E-state index < -0.39 is 0 Å². The third-order valence-corrected chi connectivity index (χ3v) is 4.22. The van der Waals surface area contributed by atoms with E-state index in [1.165, 1.54) is 51.6 Å². The van der Waals surface area contributed by atoms with Gasteiger partial charge < -0.3 is 9.80 Å².